The maximum Gasteiger partial charge on any atom is 0.272 e. The van der Waals surface area contributed by atoms with Crippen LogP contribution in [0, 0.1) is 0 Å². The average Bonchev–Trinajstić information content (AvgIpc) is 3.87. The molecule has 3 aromatic rings. The zero-order valence-corrected chi connectivity index (χ0v) is 25.3. The zero-order valence-electron chi connectivity index (χ0n) is 25.3. The van der Waals surface area contributed by atoms with Crippen LogP contribution in [0.2, 0.25) is 0 Å². The molecule has 43 heavy (non-hydrogen) atoms. The second-order valence-corrected chi connectivity index (χ2v) is 12.2. The molecule has 3 heterocycles. The Hall–Kier alpha value is -3.46. The molecule has 2 saturated heterocycles. The van der Waals surface area contributed by atoms with E-state index in [1.807, 2.05) is 29.2 Å². The number of β-amino-alcohol motifs (C(OH)–C–C–N with tert-alkyl or cyclic N) is 1. The summed E-state index contributed by atoms with van der Waals surface area (Å²) in [5.74, 6) is 2.47. The molecule has 0 bridgehead atoms. The molecular weight excluding hydrogens is 540 g/mol. The van der Waals surface area contributed by atoms with Crippen LogP contribution in [0.25, 0.3) is 0 Å². The number of aliphatic hydroxyl groups excluding tert-OH is 1. The van der Waals surface area contributed by atoms with Gasteiger partial charge >= 0.3 is 0 Å². The predicted octanol–water partition coefficient (Wildman–Crippen LogP) is 4.33. The SMILES string of the molecule is COc1cc(C2CN(C(=O)c3cc(CCCN4CCN(CCO)CC4)ccn3)C2)ccc1OCc1ccc(C2CC2)cc1. The van der Waals surface area contributed by atoms with E-state index in [9.17, 15) is 4.79 Å². The summed E-state index contributed by atoms with van der Waals surface area (Å²) in [6, 6.07) is 18.9. The summed E-state index contributed by atoms with van der Waals surface area (Å²) >= 11 is 0. The maximum atomic E-state index is 13.2. The topological polar surface area (TPSA) is 78.4 Å². The molecule has 8 nitrogen and oxygen atoms in total. The van der Waals surface area contributed by atoms with Gasteiger partial charge in [0.2, 0.25) is 0 Å². The van der Waals surface area contributed by atoms with Gasteiger partial charge in [0.05, 0.1) is 13.7 Å². The molecule has 0 atom stereocenters. The van der Waals surface area contributed by atoms with Crippen molar-refractivity contribution in [2.75, 3.05) is 66.1 Å². The van der Waals surface area contributed by atoms with Gasteiger partial charge in [-0.1, -0.05) is 30.3 Å². The minimum absolute atomic E-state index is 0.00210. The van der Waals surface area contributed by atoms with Gasteiger partial charge in [0, 0.05) is 57.9 Å². The second kappa shape index (κ2) is 13.9. The monoisotopic (exact) mass is 584 g/mol. The molecule has 1 saturated carbocycles. The van der Waals surface area contributed by atoms with Crippen molar-refractivity contribution in [3.63, 3.8) is 0 Å². The van der Waals surface area contributed by atoms with Crippen molar-refractivity contribution in [2.24, 2.45) is 0 Å². The van der Waals surface area contributed by atoms with E-state index in [1.54, 1.807) is 13.3 Å². The third-order valence-electron chi connectivity index (χ3n) is 9.12. The van der Waals surface area contributed by atoms with Gasteiger partial charge in [-0.3, -0.25) is 14.7 Å². The van der Waals surface area contributed by atoms with Crippen molar-refractivity contribution in [3.05, 3.63) is 88.7 Å². The normalized spacial score (nSPS) is 18.0. The van der Waals surface area contributed by atoms with E-state index in [0.717, 1.165) is 86.2 Å². The van der Waals surface area contributed by atoms with E-state index >= 15 is 0 Å². The number of methoxy groups -OCH3 is 1. The summed E-state index contributed by atoms with van der Waals surface area (Å²) in [5.41, 5.74) is 5.42. The number of hydrogen-bond acceptors (Lipinski definition) is 7. The van der Waals surface area contributed by atoms with Crippen LogP contribution in [0.5, 0.6) is 11.5 Å². The molecule has 0 radical (unpaired) electrons. The van der Waals surface area contributed by atoms with Crippen LogP contribution in [-0.2, 0) is 13.0 Å². The van der Waals surface area contributed by atoms with Gasteiger partial charge in [-0.05, 0) is 84.7 Å². The number of likely N-dealkylation sites (tertiary alicyclic amines) is 1. The number of piperazine rings is 1. The Morgan fingerprint density at radius 1 is 0.860 bits per heavy atom. The lowest BCUT2D eigenvalue weighted by Gasteiger charge is -2.39. The highest BCUT2D eigenvalue weighted by Crippen LogP contribution is 2.40. The van der Waals surface area contributed by atoms with Gasteiger partial charge in [-0.2, -0.15) is 0 Å². The standard InChI is InChI=1S/C35H44N4O4/c1-42-34-22-30(10-11-33(34)43-25-27-4-6-28(7-5-27)29-8-9-29)31-23-39(24-31)35(41)32-21-26(12-13-36-32)3-2-14-37-15-17-38(18-16-37)19-20-40/h4-7,10-13,21-22,29,31,40H,2-3,8-9,14-20,23-25H2,1H3. The molecular formula is C35H44N4O4. The Morgan fingerprint density at radius 3 is 2.28 bits per heavy atom. The van der Waals surface area contributed by atoms with E-state index in [4.69, 9.17) is 14.6 Å². The number of aryl methyl sites for hydroxylation is 1. The van der Waals surface area contributed by atoms with Crippen LogP contribution in [-0.4, -0.2) is 96.8 Å². The molecule has 2 aliphatic heterocycles. The lowest BCUT2D eigenvalue weighted by molar-refractivity contribution is 0.0596. The van der Waals surface area contributed by atoms with E-state index in [1.165, 1.54) is 18.4 Å². The zero-order chi connectivity index (χ0) is 29.6. The molecule has 6 rings (SSSR count). The number of benzene rings is 2. The maximum absolute atomic E-state index is 13.2. The molecule has 1 aromatic heterocycles. The van der Waals surface area contributed by atoms with Crippen molar-refractivity contribution in [3.8, 4) is 11.5 Å². The van der Waals surface area contributed by atoms with Gasteiger partial charge in [0.1, 0.15) is 12.3 Å². The second-order valence-electron chi connectivity index (χ2n) is 12.2. The van der Waals surface area contributed by atoms with Gasteiger partial charge in [-0.15, -0.1) is 0 Å². The molecule has 3 fully saturated rings. The minimum atomic E-state index is -0.00210. The van der Waals surface area contributed by atoms with Gasteiger partial charge < -0.3 is 24.4 Å². The first-order chi connectivity index (χ1) is 21.1. The predicted molar refractivity (Wildman–Crippen MR) is 167 cm³/mol. The Morgan fingerprint density at radius 2 is 1.58 bits per heavy atom. The highest BCUT2D eigenvalue weighted by Gasteiger charge is 2.33. The first-order valence-corrected chi connectivity index (χ1v) is 15.8. The number of pyridine rings is 1. The van der Waals surface area contributed by atoms with Crippen LogP contribution < -0.4 is 9.47 Å². The Kier molecular flexibility index (Phi) is 9.56. The molecule has 0 unspecified atom stereocenters. The van der Waals surface area contributed by atoms with Crippen molar-refractivity contribution >= 4 is 5.91 Å². The number of amides is 1. The Balaban J connectivity index is 0.963. The summed E-state index contributed by atoms with van der Waals surface area (Å²) < 4.78 is 11.8. The number of ether oxygens (including phenoxy) is 2. The number of nitrogens with zero attached hydrogens (tertiary/aromatic N) is 4. The van der Waals surface area contributed by atoms with Gasteiger partial charge in [-0.25, -0.2) is 0 Å². The number of hydrogen-bond donors (Lipinski definition) is 1. The molecule has 228 valence electrons. The number of aliphatic hydroxyl groups is 1. The largest absolute Gasteiger partial charge is 0.493 e. The highest BCUT2D eigenvalue weighted by atomic mass is 16.5. The third-order valence-corrected chi connectivity index (χ3v) is 9.12. The van der Waals surface area contributed by atoms with Crippen molar-refractivity contribution in [2.45, 2.75) is 44.1 Å². The first-order valence-electron chi connectivity index (χ1n) is 15.8. The molecule has 3 aliphatic rings. The fraction of sp³-hybridized carbons (Fsp3) is 0.486. The van der Waals surface area contributed by atoms with E-state index in [-0.39, 0.29) is 18.4 Å². The third kappa shape index (κ3) is 7.55. The summed E-state index contributed by atoms with van der Waals surface area (Å²) in [6.45, 7) is 8.02. The molecule has 1 amide bonds. The molecule has 8 heteroatoms. The lowest BCUT2D eigenvalue weighted by Crippen LogP contribution is -2.48. The van der Waals surface area contributed by atoms with Crippen LogP contribution in [0.3, 0.4) is 0 Å². The molecule has 0 spiro atoms. The van der Waals surface area contributed by atoms with Crippen LogP contribution in [0.1, 0.15) is 63.8 Å². The van der Waals surface area contributed by atoms with E-state index in [0.29, 0.717) is 25.4 Å². The number of carbonyl (C=O) groups excluding carboxylic acids is 1. The lowest BCUT2D eigenvalue weighted by atomic mass is 9.90. The summed E-state index contributed by atoms with van der Waals surface area (Å²) in [6.07, 6.45) is 6.37. The molecule has 2 aromatic carbocycles. The summed E-state index contributed by atoms with van der Waals surface area (Å²) in [5, 5.41) is 9.13. The Labute approximate surface area is 255 Å². The van der Waals surface area contributed by atoms with Crippen LogP contribution >= 0.6 is 0 Å². The van der Waals surface area contributed by atoms with E-state index < -0.39 is 0 Å². The molecule has 1 N–H and O–H groups in total. The summed E-state index contributed by atoms with van der Waals surface area (Å²) in [4.78, 5) is 24.3. The van der Waals surface area contributed by atoms with Crippen molar-refractivity contribution in [1.82, 2.24) is 19.7 Å². The highest BCUT2D eigenvalue weighted by molar-refractivity contribution is 5.93. The average molecular weight is 585 g/mol. The fourth-order valence-electron chi connectivity index (χ4n) is 6.17. The number of aromatic nitrogens is 1. The van der Waals surface area contributed by atoms with Gasteiger partial charge in [0.15, 0.2) is 11.5 Å². The van der Waals surface area contributed by atoms with Crippen molar-refractivity contribution in [1.29, 1.82) is 0 Å². The van der Waals surface area contributed by atoms with Crippen molar-refractivity contribution < 1.29 is 19.4 Å². The number of carbonyl (C=O) groups is 1. The quantitative estimate of drug-likeness (QED) is 0.321. The number of rotatable bonds is 13. The first kappa shape index (κ1) is 29.6. The minimum Gasteiger partial charge on any atom is -0.493 e. The Bertz CT molecular complexity index is 1360. The van der Waals surface area contributed by atoms with E-state index in [2.05, 4.69) is 45.1 Å². The summed E-state index contributed by atoms with van der Waals surface area (Å²) in [7, 11) is 1.67. The smallest absolute Gasteiger partial charge is 0.272 e. The van der Waals surface area contributed by atoms with Gasteiger partial charge in [0.25, 0.3) is 5.91 Å². The van der Waals surface area contributed by atoms with Crippen LogP contribution in [0.4, 0.5) is 0 Å². The van der Waals surface area contributed by atoms with Crippen LogP contribution in [0.15, 0.2) is 60.8 Å². The molecule has 1 aliphatic carbocycles. The fourth-order valence-corrected chi connectivity index (χ4v) is 6.17.